The lowest BCUT2D eigenvalue weighted by atomic mass is 10.3. The van der Waals surface area contributed by atoms with E-state index in [1.807, 2.05) is 42.5 Å². The van der Waals surface area contributed by atoms with Crippen LogP contribution >= 0.6 is 0 Å². The van der Waals surface area contributed by atoms with Gasteiger partial charge in [-0.05, 0) is 18.2 Å². The Kier molecular flexibility index (Phi) is 3.20. The summed E-state index contributed by atoms with van der Waals surface area (Å²) in [7, 11) is 0. The normalized spacial score (nSPS) is 9.44. The van der Waals surface area contributed by atoms with Crippen LogP contribution in [0.15, 0.2) is 48.5 Å². The molecule has 2 heteroatoms. The monoisotopic (exact) mass is 208 g/mol. The zero-order valence-corrected chi connectivity index (χ0v) is 8.63. The van der Waals surface area contributed by atoms with Crippen LogP contribution in [0, 0.1) is 18.8 Å². The predicted molar refractivity (Wildman–Crippen MR) is 63.0 cm³/mol. The highest BCUT2D eigenvalue weighted by Crippen LogP contribution is 2.18. The number of para-hydroxylation sites is 1. The standard InChI is InChI=1S/C14H10NO/c1-2-7-12-8-6-11-14(15-12)16-13-9-4-3-5-10-13/h1,3-11H. The molecular weight excluding hydrogens is 198 g/mol. The second-order valence-corrected chi connectivity index (χ2v) is 3.13. The SMILES string of the molecule is C#C[CH]c1cccc(Oc2ccccc2)n1. The van der Waals surface area contributed by atoms with Crippen molar-refractivity contribution in [3.63, 3.8) is 0 Å². The van der Waals surface area contributed by atoms with Gasteiger partial charge < -0.3 is 4.74 Å². The molecule has 0 atom stereocenters. The molecule has 0 saturated carbocycles. The highest BCUT2D eigenvalue weighted by molar-refractivity contribution is 5.31. The first-order chi connectivity index (χ1) is 7.88. The Morgan fingerprint density at radius 3 is 2.62 bits per heavy atom. The van der Waals surface area contributed by atoms with Crippen molar-refractivity contribution in [2.45, 2.75) is 0 Å². The molecule has 0 saturated heterocycles. The first-order valence-corrected chi connectivity index (χ1v) is 4.88. The van der Waals surface area contributed by atoms with Gasteiger partial charge in [0, 0.05) is 6.07 Å². The van der Waals surface area contributed by atoms with Crippen molar-refractivity contribution in [2.75, 3.05) is 0 Å². The first-order valence-electron chi connectivity index (χ1n) is 4.88. The van der Waals surface area contributed by atoms with E-state index in [4.69, 9.17) is 11.2 Å². The van der Waals surface area contributed by atoms with Gasteiger partial charge in [0.15, 0.2) is 0 Å². The van der Waals surface area contributed by atoms with Crippen LogP contribution in [0.1, 0.15) is 5.69 Å². The quantitative estimate of drug-likeness (QED) is 0.723. The molecule has 0 aliphatic rings. The van der Waals surface area contributed by atoms with Gasteiger partial charge in [-0.3, -0.25) is 0 Å². The Morgan fingerprint density at radius 2 is 1.88 bits per heavy atom. The molecule has 0 N–H and O–H groups in total. The Hall–Kier alpha value is -2.27. The minimum absolute atomic E-state index is 0.537. The Labute approximate surface area is 94.9 Å². The molecule has 2 rings (SSSR count). The average Bonchev–Trinajstić information content (AvgIpc) is 2.31. The summed E-state index contributed by atoms with van der Waals surface area (Å²) in [6, 6.07) is 15.0. The van der Waals surface area contributed by atoms with E-state index >= 15 is 0 Å². The third-order valence-electron chi connectivity index (χ3n) is 1.94. The lowest BCUT2D eigenvalue weighted by Gasteiger charge is -2.04. The zero-order valence-electron chi connectivity index (χ0n) is 8.63. The highest BCUT2D eigenvalue weighted by Gasteiger charge is 1.99. The number of rotatable bonds is 3. The fourth-order valence-corrected chi connectivity index (χ4v) is 1.26. The van der Waals surface area contributed by atoms with Gasteiger partial charge in [0.25, 0.3) is 0 Å². The molecule has 1 radical (unpaired) electrons. The second kappa shape index (κ2) is 4.99. The minimum atomic E-state index is 0.537. The third-order valence-corrected chi connectivity index (χ3v) is 1.94. The zero-order chi connectivity index (χ0) is 11.2. The van der Waals surface area contributed by atoms with Crippen LogP contribution in [0.3, 0.4) is 0 Å². The van der Waals surface area contributed by atoms with Gasteiger partial charge >= 0.3 is 0 Å². The van der Waals surface area contributed by atoms with Crippen molar-refractivity contribution in [2.24, 2.45) is 0 Å². The van der Waals surface area contributed by atoms with E-state index < -0.39 is 0 Å². The molecule has 0 bridgehead atoms. The molecule has 0 fully saturated rings. The topological polar surface area (TPSA) is 22.1 Å². The number of aromatic nitrogens is 1. The number of nitrogens with zero attached hydrogens (tertiary/aromatic N) is 1. The van der Waals surface area contributed by atoms with E-state index in [1.54, 1.807) is 12.5 Å². The number of ether oxygens (including phenoxy) is 1. The molecule has 0 aliphatic carbocycles. The van der Waals surface area contributed by atoms with Crippen molar-refractivity contribution in [3.05, 3.63) is 60.6 Å². The lowest BCUT2D eigenvalue weighted by molar-refractivity contribution is 0.462. The maximum Gasteiger partial charge on any atom is 0.219 e. The summed E-state index contributed by atoms with van der Waals surface area (Å²) in [5.74, 6) is 3.73. The predicted octanol–water partition coefficient (Wildman–Crippen LogP) is 3.06. The Bertz CT molecular complexity index is 500. The Balaban J connectivity index is 2.16. The number of benzene rings is 1. The second-order valence-electron chi connectivity index (χ2n) is 3.13. The van der Waals surface area contributed by atoms with Gasteiger partial charge in [-0.2, -0.15) is 0 Å². The van der Waals surface area contributed by atoms with Crippen molar-refractivity contribution >= 4 is 0 Å². The molecule has 77 valence electrons. The van der Waals surface area contributed by atoms with Gasteiger partial charge in [-0.15, -0.1) is 6.42 Å². The molecule has 1 aromatic carbocycles. The lowest BCUT2D eigenvalue weighted by Crippen LogP contribution is -1.90. The van der Waals surface area contributed by atoms with Crippen LogP contribution in [-0.2, 0) is 0 Å². The summed E-state index contributed by atoms with van der Waals surface area (Å²) in [5.41, 5.74) is 0.718. The average molecular weight is 208 g/mol. The number of terminal acetylenes is 1. The van der Waals surface area contributed by atoms with Crippen molar-refractivity contribution < 1.29 is 4.74 Å². The largest absolute Gasteiger partial charge is 0.439 e. The number of hydrogen-bond acceptors (Lipinski definition) is 2. The van der Waals surface area contributed by atoms with Crippen LogP contribution in [-0.4, -0.2) is 4.98 Å². The van der Waals surface area contributed by atoms with E-state index in [2.05, 4.69) is 10.9 Å². The van der Waals surface area contributed by atoms with Crippen LogP contribution < -0.4 is 4.74 Å². The molecule has 0 aliphatic heterocycles. The first kappa shape index (κ1) is 10.3. The fraction of sp³-hybridized carbons (Fsp3) is 0. The van der Waals surface area contributed by atoms with E-state index in [1.165, 1.54) is 0 Å². The third kappa shape index (κ3) is 2.61. The van der Waals surface area contributed by atoms with Crippen LogP contribution in [0.25, 0.3) is 0 Å². The van der Waals surface area contributed by atoms with Crippen LogP contribution in [0.2, 0.25) is 0 Å². The van der Waals surface area contributed by atoms with Crippen LogP contribution in [0.5, 0.6) is 11.6 Å². The Morgan fingerprint density at radius 1 is 1.06 bits per heavy atom. The van der Waals surface area contributed by atoms with E-state index in [0.29, 0.717) is 5.88 Å². The van der Waals surface area contributed by atoms with Gasteiger partial charge in [0.2, 0.25) is 5.88 Å². The summed E-state index contributed by atoms with van der Waals surface area (Å²) in [4.78, 5) is 4.24. The highest BCUT2D eigenvalue weighted by atomic mass is 16.5. The molecule has 0 amide bonds. The van der Waals surface area contributed by atoms with Crippen molar-refractivity contribution in [3.8, 4) is 24.0 Å². The molecule has 0 spiro atoms. The maximum atomic E-state index is 5.57. The van der Waals surface area contributed by atoms with E-state index in [0.717, 1.165) is 11.4 Å². The fourth-order valence-electron chi connectivity index (χ4n) is 1.26. The molecule has 2 aromatic rings. The molecule has 0 unspecified atom stereocenters. The van der Waals surface area contributed by atoms with Gasteiger partial charge in [-0.25, -0.2) is 4.98 Å². The van der Waals surface area contributed by atoms with Gasteiger partial charge in [0.05, 0.1) is 12.1 Å². The molecular formula is C14H10NO. The maximum absolute atomic E-state index is 5.57. The van der Waals surface area contributed by atoms with Crippen molar-refractivity contribution in [1.29, 1.82) is 0 Å². The minimum Gasteiger partial charge on any atom is -0.439 e. The summed E-state index contributed by atoms with van der Waals surface area (Å²) in [6.07, 6.45) is 6.77. The summed E-state index contributed by atoms with van der Waals surface area (Å²) >= 11 is 0. The van der Waals surface area contributed by atoms with Crippen LogP contribution in [0.4, 0.5) is 0 Å². The smallest absolute Gasteiger partial charge is 0.219 e. The summed E-state index contributed by atoms with van der Waals surface area (Å²) < 4.78 is 5.57. The van der Waals surface area contributed by atoms with E-state index in [9.17, 15) is 0 Å². The number of hydrogen-bond donors (Lipinski definition) is 0. The summed E-state index contributed by atoms with van der Waals surface area (Å²) in [6.45, 7) is 0. The molecule has 2 nitrogen and oxygen atoms in total. The molecule has 1 heterocycles. The van der Waals surface area contributed by atoms with Crippen molar-refractivity contribution in [1.82, 2.24) is 4.98 Å². The van der Waals surface area contributed by atoms with Gasteiger partial charge in [-0.1, -0.05) is 30.2 Å². The molecule has 1 aromatic heterocycles. The number of pyridine rings is 1. The van der Waals surface area contributed by atoms with E-state index in [-0.39, 0.29) is 0 Å². The van der Waals surface area contributed by atoms with Gasteiger partial charge in [0.1, 0.15) is 5.75 Å². The molecule has 16 heavy (non-hydrogen) atoms. The summed E-state index contributed by atoms with van der Waals surface area (Å²) in [5, 5.41) is 0.